The Balaban J connectivity index is 2.68. The van der Waals surface area contributed by atoms with Gasteiger partial charge in [0, 0.05) is 24.5 Å². The Morgan fingerprint density at radius 3 is 2.68 bits per heavy atom. The fraction of sp³-hybridized carbons (Fsp3) is 0.533. The molecule has 1 aromatic carbocycles. The maximum absolute atomic E-state index is 12.2. The Morgan fingerprint density at radius 1 is 1.32 bits per heavy atom. The van der Waals surface area contributed by atoms with Gasteiger partial charge < -0.3 is 10.6 Å². The van der Waals surface area contributed by atoms with Crippen LogP contribution in [-0.2, 0) is 11.3 Å². The predicted octanol–water partition coefficient (Wildman–Crippen LogP) is 3.21. The molecule has 1 amide bonds. The molecule has 0 aromatic heterocycles. The number of carbonyl (C=O) groups excluding carboxylic acids is 1. The molecule has 0 radical (unpaired) electrons. The van der Waals surface area contributed by atoms with Gasteiger partial charge in [-0.1, -0.05) is 43.1 Å². The van der Waals surface area contributed by atoms with E-state index in [2.05, 4.69) is 6.92 Å². The number of unbranched alkanes of at least 4 members (excludes halogenated alkanes) is 1. The second-order valence-corrected chi connectivity index (χ2v) is 5.06. The van der Waals surface area contributed by atoms with Crippen molar-refractivity contribution in [2.24, 2.45) is 5.73 Å². The highest BCUT2D eigenvalue weighted by Crippen LogP contribution is 2.18. The van der Waals surface area contributed by atoms with Crippen molar-refractivity contribution in [2.45, 2.75) is 39.2 Å². The predicted molar refractivity (Wildman–Crippen MR) is 80.1 cm³/mol. The number of rotatable bonds is 8. The molecule has 19 heavy (non-hydrogen) atoms. The van der Waals surface area contributed by atoms with E-state index in [0.29, 0.717) is 19.5 Å². The number of benzene rings is 1. The molecule has 0 bridgehead atoms. The monoisotopic (exact) mass is 282 g/mol. The number of amides is 1. The quantitative estimate of drug-likeness (QED) is 0.796. The Bertz CT molecular complexity index is 395. The lowest BCUT2D eigenvalue weighted by Crippen LogP contribution is -2.31. The first-order valence-electron chi connectivity index (χ1n) is 6.90. The molecular weight excluding hydrogens is 260 g/mol. The zero-order valence-electron chi connectivity index (χ0n) is 11.6. The number of hydrogen-bond donors (Lipinski definition) is 1. The van der Waals surface area contributed by atoms with Gasteiger partial charge in [0.05, 0.1) is 0 Å². The number of halogens is 1. The van der Waals surface area contributed by atoms with Crippen LogP contribution in [0.2, 0.25) is 5.02 Å². The van der Waals surface area contributed by atoms with Gasteiger partial charge in [-0.15, -0.1) is 0 Å². The van der Waals surface area contributed by atoms with Crippen molar-refractivity contribution in [1.82, 2.24) is 4.90 Å². The lowest BCUT2D eigenvalue weighted by atomic mass is 10.1. The fourth-order valence-corrected chi connectivity index (χ4v) is 2.08. The summed E-state index contributed by atoms with van der Waals surface area (Å²) in [5.74, 6) is 0.166. The lowest BCUT2D eigenvalue weighted by molar-refractivity contribution is -0.132. The molecule has 0 saturated carbocycles. The minimum atomic E-state index is 0.166. The molecule has 0 atom stereocenters. The first-order valence-corrected chi connectivity index (χ1v) is 7.28. The number of nitrogens with zero attached hydrogens (tertiary/aromatic N) is 1. The van der Waals surface area contributed by atoms with Crippen molar-refractivity contribution in [3.63, 3.8) is 0 Å². The Morgan fingerprint density at radius 2 is 2.05 bits per heavy atom. The number of hydrogen-bond acceptors (Lipinski definition) is 2. The molecule has 0 aliphatic rings. The molecule has 0 aliphatic heterocycles. The summed E-state index contributed by atoms with van der Waals surface area (Å²) in [6.07, 6.45) is 3.34. The molecule has 1 aromatic rings. The minimum absolute atomic E-state index is 0.166. The second-order valence-electron chi connectivity index (χ2n) is 4.65. The third-order valence-corrected chi connectivity index (χ3v) is 3.42. The van der Waals surface area contributed by atoms with Crippen LogP contribution in [0, 0.1) is 0 Å². The highest BCUT2D eigenvalue weighted by Gasteiger charge is 2.14. The Labute approximate surface area is 120 Å². The number of nitrogens with two attached hydrogens (primary N) is 1. The maximum atomic E-state index is 12.2. The topological polar surface area (TPSA) is 46.3 Å². The van der Waals surface area contributed by atoms with Crippen LogP contribution in [0.25, 0.3) is 0 Å². The van der Waals surface area contributed by atoms with E-state index < -0.39 is 0 Å². The molecule has 1 rings (SSSR count). The second kappa shape index (κ2) is 8.94. The van der Waals surface area contributed by atoms with Crippen molar-refractivity contribution >= 4 is 17.5 Å². The van der Waals surface area contributed by atoms with E-state index in [4.69, 9.17) is 17.3 Å². The van der Waals surface area contributed by atoms with Crippen LogP contribution in [0.3, 0.4) is 0 Å². The van der Waals surface area contributed by atoms with Crippen molar-refractivity contribution in [3.05, 3.63) is 34.9 Å². The van der Waals surface area contributed by atoms with E-state index in [-0.39, 0.29) is 5.91 Å². The van der Waals surface area contributed by atoms with Gasteiger partial charge in [-0.2, -0.15) is 0 Å². The van der Waals surface area contributed by atoms with E-state index in [1.165, 1.54) is 0 Å². The molecule has 2 N–H and O–H groups in total. The van der Waals surface area contributed by atoms with Crippen molar-refractivity contribution in [2.75, 3.05) is 13.1 Å². The molecule has 0 spiro atoms. The summed E-state index contributed by atoms with van der Waals surface area (Å²) >= 11 is 6.15. The van der Waals surface area contributed by atoms with Crippen molar-refractivity contribution in [1.29, 1.82) is 0 Å². The van der Waals surface area contributed by atoms with Crippen LogP contribution in [0.1, 0.15) is 38.2 Å². The van der Waals surface area contributed by atoms with Crippen LogP contribution >= 0.6 is 11.6 Å². The van der Waals surface area contributed by atoms with Gasteiger partial charge in [0.1, 0.15) is 0 Å². The molecule has 4 heteroatoms. The molecule has 3 nitrogen and oxygen atoms in total. The van der Waals surface area contributed by atoms with Crippen LogP contribution < -0.4 is 5.73 Å². The van der Waals surface area contributed by atoms with Gasteiger partial charge in [0.15, 0.2) is 0 Å². The highest BCUT2D eigenvalue weighted by molar-refractivity contribution is 6.31. The van der Waals surface area contributed by atoms with Crippen LogP contribution in [0.5, 0.6) is 0 Å². The van der Waals surface area contributed by atoms with E-state index in [1.54, 1.807) is 0 Å². The molecule has 0 unspecified atom stereocenters. The standard InChI is InChI=1S/C15H23ClN2O/c1-2-3-11-18(15(19)9-6-10-17)12-13-7-4-5-8-14(13)16/h4-5,7-8H,2-3,6,9-12,17H2,1H3. The zero-order valence-corrected chi connectivity index (χ0v) is 12.3. The zero-order chi connectivity index (χ0) is 14.1. The average molecular weight is 283 g/mol. The average Bonchev–Trinajstić information content (AvgIpc) is 2.42. The van der Waals surface area contributed by atoms with E-state index >= 15 is 0 Å². The molecular formula is C15H23ClN2O. The first-order chi connectivity index (χ1) is 9.19. The summed E-state index contributed by atoms with van der Waals surface area (Å²) in [5, 5.41) is 0.718. The summed E-state index contributed by atoms with van der Waals surface area (Å²) in [6.45, 7) is 4.05. The molecule has 0 heterocycles. The number of carbonyl (C=O) groups is 1. The smallest absolute Gasteiger partial charge is 0.222 e. The van der Waals surface area contributed by atoms with Gasteiger partial charge in [0.25, 0.3) is 0 Å². The first kappa shape index (κ1) is 16.0. The van der Waals surface area contributed by atoms with E-state index in [9.17, 15) is 4.79 Å². The summed E-state index contributed by atoms with van der Waals surface area (Å²) in [4.78, 5) is 14.0. The normalized spacial score (nSPS) is 10.5. The molecule has 106 valence electrons. The Hall–Kier alpha value is -1.06. The Kier molecular flexibility index (Phi) is 7.53. The van der Waals surface area contributed by atoms with Gasteiger partial charge in [0.2, 0.25) is 5.91 Å². The van der Waals surface area contributed by atoms with E-state index in [1.807, 2.05) is 29.2 Å². The van der Waals surface area contributed by atoms with Crippen LogP contribution in [0.4, 0.5) is 0 Å². The van der Waals surface area contributed by atoms with Gasteiger partial charge in [-0.3, -0.25) is 4.79 Å². The molecule has 0 aliphatic carbocycles. The summed E-state index contributed by atoms with van der Waals surface area (Å²) in [5.41, 5.74) is 6.46. The maximum Gasteiger partial charge on any atom is 0.222 e. The summed E-state index contributed by atoms with van der Waals surface area (Å²) in [7, 11) is 0. The summed E-state index contributed by atoms with van der Waals surface area (Å²) < 4.78 is 0. The summed E-state index contributed by atoms with van der Waals surface area (Å²) in [6, 6.07) is 7.68. The highest BCUT2D eigenvalue weighted by atomic mass is 35.5. The third-order valence-electron chi connectivity index (χ3n) is 3.05. The van der Waals surface area contributed by atoms with Crippen molar-refractivity contribution in [3.8, 4) is 0 Å². The van der Waals surface area contributed by atoms with Gasteiger partial charge >= 0.3 is 0 Å². The lowest BCUT2D eigenvalue weighted by Gasteiger charge is -2.23. The SMILES string of the molecule is CCCCN(Cc1ccccc1Cl)C(=O)CCCN. The van der Waals surface area contributed by atoms with Crippen LogP contribution in [0.15, 0.2) is 24.3 Å². The van der Waals surface area contributed by atoms with Crippen molar-refractivity contribution < 1.29 is 4.79 Å². The third kappa shape index (κ3) is 5.62. The van der Waals surface area contributed by atoms with Gasteiger partial charge in [-0.25, -0.2) is 0 Å². The minimum Gasteiger partial charge on any atom is -0.338 e. The molecule has 0 saturated heterocycles. The van der Waals surface area contributed by atoms with Crippen LogP contribution in [-0.4, -0.2) is 23.9 Å². The largest absolute Gasteiger partial charge is 0.338 e. The van der Waals surface area contributed by atoms with Gasteiger partial charge in [-0.05, 0) is 31.0 Å². The van der Waals surface area contributed by atoms with E-state index in [0.717, 1.165) is 36.4 Å². The molecule has 0 fully saturated rings. The fourth-order valence-electron chi connectivity index (χ4n) is 1.88.